The van der Waals surface area contributed by atoms with E-state index in [-0.39, 0.29) is 10.9 Å². The normalized spacial score (nSPS) is 23.2. The number of hydrogen-bond acceptors (Lipinski definition) is 4. The minimum atomic E-state index is -4.52. The smallest absolute Gasteiger partial charge is 0.341 e. The van der Waals surface area contributed by atoms with E-state index in [0.717, 1.165) is 19.3 Å². The number of hydrogen-bond donors (Lipinski definition) is 2. The zero-order valence-corrected chi connectivity index (χ0v) is 12.5. The summed E-state index contributed by atoms with van der Waals surface area (Å²) >= 11 is 0. The summed E-state index contributed by atoms with van der Waals surface area (Å²) in [6.45, 7) is 0.710. The molecule has 0 aromatic heterocycles. The molecule has 2 unspecified atom stereocenters. The van der Waals surface area contributed by atoms with Crippen molar-refractivity contribution in [3.05, 3.63) is 24.3 Å². The first-order valence-corrected chi connectivity index (χ1v) is 8.57. The van der Waals surface area contributed by atoms with Crippen LogP contribution in [-0.4, -0.2) is 26.8 Å². The molecule has 0 saturated heterocycles. The highest BCUT2D eigenvalue weighted by Crippen LogP contribution is 2.24. The number of nitrogens with two attached hydrogens (primary N) is 1. The zero-order valence-electron chi connectivity index (χ0n) is 11.6. The second kappa shape index (κ2) is 6.70. The van der Waals surface area contributed by atoms with Crippen molar-refractivity contribution < 1.29 is 17.2 Å². The van der Waals surface area contributed by atoms with Crippen LogP contribution in [0.3, 0.4) is 0 Å². The lowest BCUT2D eigenvalue weighted by atomic mass is 9.85. The monoisotopic (exact) mass is 318 g/mol. The van der Waals surface area contributed by atoms with Gasteiger partial charge in [0.1, 0.15) is 0 Å². The second-order valence-corrected chi connectivity index (χ2v) is 7.34. The third-order valence-electron chi connectivity index (χ3n) is 3.95. The van der Waals surface area contributed by atoms with E-state index in [2.05, 4.69) is 5.32 Å². The van der Waals surface area contributed by atoms with E-state index < -0.39 is 15.6 Å². The minimum absolute atomic E-state index is 0.185. The fourth-order valence-electron chi connectivity index (χ4n) is 2.60. The Morgan fingerprint density at radius 2 is 1.81 bits per heavy atom. The molecule has 118 valence electrons. The number of rotatable bonds is 5. The van der Waals surface area contributed by atoms with Crippen molar-refractivity contribution >= 4 is 15.5 Å². The van der Waals surface area contributed by atoms with Crippen molar-refractivity contribution in [2.24, 2.45) is 11.7 Å². The number of benzene rings is 1. The molecule has 0 aliphatic heterocycles. The maximum Gasteiger partial charge on any atom is 0.341 e. The molecule has 7 heteroatoms. The van der Waals surface area contributed by atoms with Crippen LogP contribution in [0.5, 0.6) is 0 Å². The topological polar surface area (TPSA) is 72.2 Å². The molecule has 1 aliphatic rings. The molecule has 1 aliphatic carbocycles. The Hall–Kier alpha value is -1.21. The van der Waals surface area contributed by atoms with Crippen molar-refractivity contribution in [1.29, 1.82) is 0 Å². The maximum atomic E-state index is 12.4. The van der Waals surface area contributed by atoms with Gasteiger partial charge < -0.3 is 11.1 Å². The van der Waals surface area contributed by atoms with Crippen LogP contribution < -0.4 is 11.1 Å². The summed E-state index contributed by atoms with van der Waals surface area (Å²) < 4.78 is 47.4. The third-order valence-corrected chi connectivity index (χ3v) is 5.35. The van der Waals surface area contributed by atoms with E-state index in [4.69, 9.17) is 5.73 Å². The SMILES string of the molecule is NC1CCCCC1CNc1ccc(S(=O)(=O)C(F)F)cc1. The standard InChI is InChI=1S/C14H20F2N2O2S/c15-14(16)21(19,20)12-7-5-11(6-8-12)18-9-10-3-1-2-4-13(10)17/h5-8,10,13-14,18H,1-4,9,17H2. The predicted molar refractivity (Wildman–Crippen MR) is 78.1 cm³/mol. The van der Waals surface area contributed by atoms with Crippen LogP contribution >= 0.6 is 0 Å². The predicted octanol–water partition coefficient (Wildman–Crippen LogP) is 2.61. The van der Waals surface area contributed by atoms with Gasteiger partial charge in [-0.25, -0.2) is 8.42 Å². The average molecular weight is 318 g/mol. The lowest BCUT2D eigenvalue weighted by molar-refractivity contribution is 0.234. The highest BCUT2D eigenvalue weighted by atomic mass is 32.2. The average Bonchev–Trinajstić information content (AvgIpc) is 2.46. The first-order valence-electron chi connectivity index (χ1n) is 7.03. The van der Waals surface area contributed by atoms with Gasteiger partial charge in [-0.15, -0.1) is 0 Å². The van der Waals surface area contributed by atoms with Crippen LogP contribution in [0.1, 0.15) is 25.7 Å². The van der Waals surface area contributed by atoms with E-state index in [9.17, 15) is 17.2 Å². The molecular formula is C14H20F2N2O2S. The molecule has 3 N–H and O–H groups in total. The van der Waals surface area contributed by atoms with E-state index in [1.54, 1.807) is 0 Å². The number of anilines is 1. The summed E-state index contributed by atoms with van der Waals surface area (Å²) in [6.07, 6.45) is 4.44. The van der Waals surface area contributed by atoms with Crippen molar-refractivity contribution in [3.8, 4) is 0 Å². The van der Waals surface area contributed by atoms with Gasteiger partial charge in [-0.3, -0.25) is 0 Å². The van der Waals surface area contributed by atoms with Crippen LogP contribution in [0.4, 0.5) is 14.5 Å². The largest absolute Gasteiger partial charge is 0.385 e. The van der Waals surface area contributed by atoms with Crippen LogP contribution in [-0.2, 0) is 9.84 Å². The van der Waals surface area contributed by atoms with Gasteiger partial charge in [0.15, 0.2) is 0 Å². The molecule has 1 aromatic carbocycles. The lowest BCUT2D eigenvalue weighted by Crippen LogP contribution is -2.37. The van der Waals surface area contributed by atoms with Gasteiger partial charge in [-0.2, -0.15) is 8.78 Å². The van der Waals surface area contributed by atoms with E-state index in [1.807, 2.05) is 0 Å². The van der Waals surface area contributed by atoms with Crippen LogP contribution in [0, 0.1) is 5.92 Å². The van der Waals surface area contributed by atoms with Crippen molar-refractivity contribution in [1.82, 2.24) is 0 Å². The third kappa shape index (κ3) is 3.91. The van der Waals surface area contributed by atoms with Gasteiger partial charge >= 0.3 is 5.76 Å². The number of sulfone groups is 1. The summed E-state index contributed by atoms with van der Waals surface area (Å²) in [6, 6.07) is 5.59. The number of halogens is 2. The van der Waals surface area contributed by atoms with E-state index >= 15 is 0 Å². The van der Waals surface area contributed by atoms with Crippen molar-refractivity contribution in [3.63, 3.8) is 0 Å². The summed E-state index contributed by atoms with van der Waals surface area (Å²) in [5, 5.41) is 3.19. The summed E-state index contributed by atoms with van der Waals surface area (Å²) in [5.41, 5.74) is 6.76. The number of alkyl halides is 2. The second-order valence-electron chi connectivity index (χ2n) is 5.42. The molecule has 0 heterocycles. The maximum absolute atomic E-state index is 12.4. The summed E-state index contributed by atoms with van der Waals surface area (Å²) in [5.74, 6) is -3.00. The van der Waals surface area contributed by atoms with Gasteiger partial charge in [0.2, 0.25) is 9.84 Å². The highest BCUT2D eigenvalue weighted by Gasteiger charge is 2.26. The minimum Gasteiger partial charge on any atom is -0.385 e. The molecule has 21 heavy (non-hydrogen) atoms. The van der Waals surface area contributed by atoms with Gasteiger partial charge in [-0.1, -0.05) is 12.8 Å². The molecule has 4 nitrogen and oxygen atoms in total. The van der Waals surface area contributed by atoms with E-state index in [0.29, 0.717) is 18.2 Å². The summed E-state index contributed by atoms with van der Waals surface area (Å²) in [7, 11) is -4.52. The van der Waals surface area contributed by atoms with Crippen LogP contribution in [0.25, 0.3) is 0 Å². The van der Waals surface area contributed by atoms with Gasteiger partial charge in [0.05, 0.1) is 4.90 Å². The fraction of sp³-hybridized carbons (Fsp3) is 0.571. The fourth-order valence-corrected chi connectivity index (χ4v) is 3.33. The molecule has 2 rings (SSSR count). The molecule has 1 fully saturated rings. The Morgan fingerprint density at radius 1 is 1.19 bits per heavy atom. The Morgan fingerprint density at radius 3 is 2.38 bits per heavy atom. The first kappa shape index (κ1) is 16.2. The number of nitrogens with one attached hydrogen (secondary N) is 1. The molecular weight excluding hydrogens is 298 g/mol. The Bertz CT molecular complexity index is 561. The quantitative estimate of drug-likeness (QED) is 0.875. The molecule has 0 radical (unpaired) electrons. The molecule has 0 amide bonds. The van der Waals surface area contributed by atoms with Gasteiger partial charge in [-0.05, 0) is 43.0 Å². The molecule has 0 bridgehead atoms. The molecule has 2 atom stereocenters. The highest BCUT2D eigenvalue weighted by molar-refractivity contribution is 7.91. The van der Waals surface area contributed by atoms with Gasteiger partial charge in [0, 0.05) is 18.3 Å². The van der Waals surface area contributed by atoms with Crippen molar-refractivity contribution in [2.45, 2.75) is 42.4 Å². The Labute approximate surface area is 123 Å². The molecule has 0 spiro atoms. The van der Waals surface area contributed by atoms with Crippen LogP contribution in [0.15, 0.2) is 29.2 Å². The lowest BCUT2D eigenvalue weighted by Gasteiger charge is -2.29. The zero-order chi connectivity index (χ0) is 15.5. The Balaban J connectivity index is 1.97. The Kier molecular flexibility index (Phi) is 5.16. The summed E-state index contributed by atoms with van der Waals surface area (Å²) in [4.78, 5) is -0.364. The van der Waals surface area contributed by atoms with Crippen LogP contribution in [0.2, 0.25) is 0 Å². The molecule has 1 aromatic rings. The first-order chi connectivity index (χ1) is 9.91. The molecule has 1 saturated carbocycles. The van der Waals surface area contributed by atoms with Gasteiger partial charge in [0.25, 0.3) is 0 Å². The van der Waals surface area contributed by atoms with Crippen molar-refractivity contribution in [2.75, 3.05) is 11.9 Å². The van der Waals surface area contributed by atoms with E-state index in [1.165, 1.54) is 30.7 Å².